The van der Waals surface area contributed by atoms with Gasteiger partial charge in [0.2, 0.25) is 0 Å². The maximum atomic E-state index is 5.78. The van der Waals surface area contributed by atoms with Gasteiger partial charge in [-0.05, 0) is 65.1 Å². The Balaban J connectivity index is 1.39. The summed E-state index contributed by atoms with van der Waals surface area (Å²) in [5.74, 6) is 0. The fraction of sp³-hybridized carbons (Fsp3) is 1.00. The first-order valence-corrected chi connectivity index (χ1v) is 7.88. The molecule has 3 heteroatoms. The Morgan fingerprint density at radius 2 is 2.00 bits per heavy atom. The van der Waals surface area contributed by atoms with Crippen molar-refractivity contribution < 1.29 is 4.74 Å². The lowest BCUT2D eigenvalue weighted by molar-refractivity contribution is -0.00160. The van der Waals surface area contributed by atoms with Crippen LogP contribution in [0.3, 0.4) is 0 Å². The quantitative estimate of drug-likeness (QED) is 0.640. The van der Waals surface area contributed by atoms with Gasteiger partial charge >= 0.3 is 0 Å². The third-order valence-corrected chi connectivity index (χ3v) is 4.02. The minimum Gasteiger partial charge on any atom is -0.377 e. The molecule has 2 rings (SSSR count). The van der Waals surface area contributed by atoms with E-state index in [1.54, 1.807) is 0 Å². The molecule has 1 atom stereocenters. The topological polar surface area (TPSA) is 24.5 Å². The molecule has 1 aliphatic carbocycles. The predicted molar refractivity (Wildman–Crippen MR) is 76.0 cm³/mol. The van der Waals surface area contributed by atoms with E-state index in [2.05, 4.69) is 17.3 Å². The number of hydrogen-bond donors (Lipinski definition) is 1. The fourth-order valence-electron chi connectivity index (χ4n) is 2.67. The van der Waals surface area contributed by atoms with Gasteiger partial charge in [0.05, 0.1) is 6.10 Å². The van der Waals surface area contributed by atoms with Crippen LogP contribution < -0.4 is 5.32 Å². The van der Waals surface area contributed by atoms with Gasteiger partial charge in [0.15, 0.2) is 0 Å². The van der Waals surface area contributed by atoms with Crippen molar-refractivity contribution in [3.8, 4) is 0 Å². The highest BCUT2D eigenvalue weighted by molar-refractivity contribution is 4.80. The summed E-state index contributed by atoms with van der Waals surface area (Å²) < 4.78 is 5.78. The van der Waals surface area contributed by atoms with Crippen LogP contribution in [0.5, 0.6) is 0 Å². The lowest BCUT2D eigenvalue weighted by Crippen LogP contribution is -2.33. The van der Waals surface area contributed by atoms with E-state index in [0.717, 1.165) is 19.2 Å². The van der Waals surface area contributed by atoms with Crippen LogP contribution in [0.15, 0.2) is 0 Å². The van der Waals surface area contributed by atoms with Crippen LogP contribution in [-0.2, 0) is 4.74 Å². The molecule has 1 heterocycles. The molecule has 0 spiro atoms. The fourth-order valence-corrected chi connectivity index (χ4v) is 2.67. The molecule has 18 heavy (non-hydrogen) atoms. The second kappa shape index (κ2) is 8.13. The Morgan fingerprint density at radius 3 is 2.72 bits per heavy atom. The van der Waals surface area contributed by atoms with Crippen molar-refractivity contribution in [2.24, 2.45) is 0 Å². The molecule has 1 unspecified atom stereocenters. The number of unbranched alkanes of at least 4 members (excludes halogenated alkanes) is 2. The van der Waals surface area contributed by atoms with E-state index < -0.39 is 0 Å². The normalized spacial score (nSPS) is 24.7. The average Bonchev–Trinajstić information content (AvgIpc) is 3.19. The largest absolute Gasteiger partial charge is 0.377 e. The molecule has 3 nitrogen and oxygen atoms in total. The van der Waals surface area contributed by atoms with Gasteiger partial charge in [-0.15, -0.1) is 0 Å². The van der Waals surface area contributed by atoms with E-state index >= 15 is 0 Å². The maximum absolute atomic E-state index is 5.78. The first kappa shape index (κ1) is 14.3. The maximum Gasteiger partial charge on any atom is 0.0701 e. The van der Waals surface area contributed by atoms with E-state index in [9.17, 15) is 0 Å². The first-order valence-electron chi connectivity index (χ1n) is 7.88. The van der Waals surface area contributed by atoms with Gasteiger partial charge in [0.1, 0.15) is 0 Å². The highest BCUT2D eigenvalue weighted by atomic mass is 16.5. The SMILES string of the molecule is CN(CCCCCNC1CC1)CC1CCCCO1. The summed E-state index contributed by atoms with van der Waals surface area (Å²) in [4.78, 5) is 2.45. The standard InChI is InChI=1S/C15H30N2O/c1-17(13-15-7-3-6-12-18-15)11-5-2-4-10-16-14-8-9-14/h14-16H,2-13H2,1H3. The molecule has 1 saturated carbocycles. The molecule has 1 saturated heterocycles. The van der Waals surface area contributed by atoms with Crippen LogP contribution >= 0.6 is 0 Å². The Labute approximate surface area is 112 Å². The van der Waals surface area contributed by atoms with Gasteiger partial charge < -0.3 is 15.0 Å². The van der Waals surface area contributed by atoms with Crippen LogP contribution in [0.25, 0.3) is 0 Å². The zero-order valence-corrected chi connectivity index (χ0v) is 12.0. The predicted octanol–water partition coefficient (Wildman–Crippen LogP) is 2.41. The van der Waals surface area contributed by atoms with Crippen molar-refractivity contribution in [3.63, 3.8) is 0 Å². The number of likely N-dealkylation sites (N-methyl/N-ethyl adjacent to an activating group) is 1. The van der Waals surface area contributed by atoms with Gasteiger partial charge in [-0.2, -0.15) is 0 Å². The molecule has 1 N–H and O–H groups in total. The van der Waals surface area contributed by atoms with Crippen LogP contribution in [-0.4, -0.2) is 50.3 Å². The lowest BCUT2D eigenvalue weighted by atomic mass is 10.1. The third kappa shape index (κ3) is 6.17. The minimum atomic E-state index is 0.500. The summed E-state index contributed by atoms with van der Waals surface area (Å²) in [6.07, 6.45) is 11.2. The van der Waals surface area contributed by atoms with Crippen molar-refractivity contribution >= 4 is 0 Å². The molecule has 1 aliphatic heterocycles. The average molecular weight is 254 g/mol. The van der Waals surface area contributed by atoms with Gasteiger partial charge in [0.25, 0.3) is 0 Å². The molecule has 0 aromatic heterocycles. The Kier molecular flexibility index (Phi) is 6.46. The molecule has 0 aromatic carbocycles. The second-order valence-electron chi connectivity index (χ2n) is 6.04. The van der Waals surface area contributed by atoms with Crippen LogP contribution in [0.2, 0.25) is 0 Å². The van der Waals surface area contributed by atoms with Crippen molar-refractivity contribution in [1.82, 2.24) is 10.2 Å². The highest BCUT2D eigenvalue weighted by Crippen LogP contribution is 2.18. The van der Waals surface area contributed by atoms with E-state index in [0.29, 0.717) is 6.10 Å². The lowest BCUT2D eigenvalue weighted by Gasteiger charge is -2.27. The van der Waals surface area contributed by atoms with Crippen molar-refractivity contribution in [1.29, 1.82) is 0 Å². The molecule has 2 fully saturated rings. The second-order valence-corrected chi connectivity index (χ2v) is 6.04. The van der Waals surface area contributed by atoms with E-state index in [1.165, 1.54) is 64.5 Å². The molecular formula is C15H30N2O. The molecule has 106 valence electrons. The molecule has 0 radical (unpaired) electrons. The van der Waals surface area contributed by atoms with Crippen molar-refractivity contribution in [2.45, 2.75) is 63.5 Å². The van der Waals surface area contributed by atoms with Crippen molar-refractivity contribution in [3.05, 3.63) is 0 Å². The van der Waals surface area contributed by atoms with Gasteiger partial charge in [-0.1, -0.05) is 6.42 Å². The molecular weight excluding hydrogens is 224 g/mol. The Bertz CT molecular complexity index is 213. The van der Waals surface area contributed by atoms with Crippen molar-refractivity contribution in [2.75, 3.05) is 33.3 Å². The summed E-state index contributed by atoms with van der Waals surface area (Å²) >= 11 is 0. The number of nitrogens with one attached hydrogen (secondary N) is 1. The molecule has 0 bridgehead atoms. The Morgan fingerprint density at radius 1 is 1.11 bits per heavy atom. The third-order valence-electron chi connectivity index (χ3n) is 4.02. The van der Waals surface area contributed by atoms with E-state index in [4.69, 9.17) is 4.74 Å². The summed E-state index contributed by atoms with van der Waals surface area (Å²) in [7, 11) is 2.24. The van der Waals surface area contributed by atoms with Gasteiger partial charge in [-0.3, -0.25) is 0 Å². The number of hydrogen-bond acceptors (Lipinski definition) is 3. The highest BCUT2D eigenvalue weighted by Gasteiger charge is 2.19. The zero-order valence-electron chi connectivity index (χ0n) is 12.0. The summed E-state index contributed by atoms with van der Waals surface area (Å²) in [5, 5.41) is 3.58. The minimum absolute atomic E-state index is 0.500. The smallest absolute Gasteiger partial charge is 0.0701 e. The zero-order chi connectivity index (χ0) is 12.6. The number of nitrogens with zero attached hydrogens (tertiary/aromatic N) is 1. The van der Waals surface area contributed by atoms with Crippen LogP contribution in [0.1, 0.15) is 51.4 Å². The summed E-state index contributed by atoms with van der Waals surface area (Å²) in [6.45, 7) is 4.55. The Hall–Kier alpha value is -0.120. The number of rotatable bonds is 9. The van der Waals surface area contributed by atoms with E-state index in [-0.39, 0.29) is 0 Å². The van der Waals surface area contributed by atoms with Crippen LogP contribution in [0.4, 0.5) is 0 Å². The first-order chi connectivity index (χ1) is 8.84. The summed E-state index contributed by atoms with van der Waals surface area (Å²) in [6, 6.07) is 0.871. The van der Waals surface area contributed by atoms with Gasteiger partial charge in [-0.25, -0.2) is 0 Å². The molecule has 0 amide bonds. The number of ether oxygens (including phenoxy) is 1. The molecule has 0 aromatic rings. The monoisotopic (exact) mass is 254 g/mol. The van der Waals surface area contributed by atoms with Crippen LogP contribution in [0, 0.1) is 0 Å². The molecule has 2 aliphatic rings. The van der Waals surface area contributed by atoms with E-state index in [1.807, 2.05) is 0 Å². The van der Waals surface area contributed by atoms with Gasteiger partial charge in [0, 0.05) is 19.2 Å². The summed E-state index contributed by atoms with van der Waals surface area (Å²) in [5.41, 5.74) is 0.